The molecule has 2 aromatic rings. The Kier molecular flexibility index (Phi) is 7.88. The minimum atomic E-state index is -3.66. The molecule has 0 spiro atoms. The number of nitrogens with one attached hydrogen (secondary N) is 1. The lowest BCUT2D eigenvalue weighted by atomic mass is 10.2. The predicted octanol–water partition coefficient (Wildman–Crippen LogP) is 3.96. The standard InChI is InChI=1S/C20H25BrN2O4S/c1-4-16(5-2)22-20(24)14-27-18-10-8-17(9-11-18)23(3)28(25,26)19-12-6-15(21)7-13-19/h6-13,16H,4-5,14H2,1-3H3,(H,22,24). The largest absolute Gasteiger partial charge is 0.484 e. The van der Waals surface area contributed by atoms with Crippen LogP contribution in [0.4, 0.5) is 5.69 Å². The Labute approximate surface area is 175 Å². The van der Waals surface area contributed by atoms with Crippen molar-refractivity contribution in [3.05, 3.63) is 53.0 Å². The number of rotatable bonds is 9. The highest BCUT2D eigenvalue weighted by Gasteiger charge is 2.21. The van der Waals surface area contributed by atoms with Gasteiger partial charge in [0.2, 0.25) is 0 Å². The van der Waals surface area contributed by atoms with Gasteiger partial charge in [0.15, 0.2) is 6.61 Å². The Bertz CT molecular complexity index is 879. The lowest BCUT2D eigenvalue weighted by molar-refractivity contribution is -0.123. The molecule has 0 aliphatic carbocycles. The van der Waals surface area contributed by atoms with Crippen LogP contribution in [0.3, 0.4) is 0 Å². The smallest absolute Gasteiger partial charge is 0.264 e. The predicted molar refractivity (Wildman–Crippen MR) is 114 cm³/mol. The Morgan fingerprint density at radius 2 is 1.64 bits per heavy atom. The first-order valence-corrected chi connectivity index (χ1v) is 11.3. The van der Waals surface area contributed by atoms with Crippen molar-refractivity contribution in [3.8, 4) is 5.75 Å². The zero-order valence-electron chi connectivity index (χ0n) is 16.2. The van der Waals surface area contributed by atoms with Crippen LogP contribution in [0.5, 0.6) is 5.75 Å². The highest BCUT2D eigenvalue weighted by Crippen LogP contribution is 2.25. The number of hydrogen-bond acceptors (Lipinski definition) is 4. The molecule has 0 fully saturated rings. The molecule has 0 saturated carbocycles. The summed E-state index contributed by atoms with van der Waals surface area (Å²) in [5.41, 5.74) is 0.497. The van der Waals surface area contributed by atoms with E-state index in [1.54, 1.807) is 48.5 Å². The highest BCUT2D eigenvalue weighted by molar-refractivity contribution is 9.10. The first kappa shape index (κ1) is 22.2. The molecule has 0 saturated heterocycles. The number of halogens is 1. The van der Waals surface area contributed by atoms with Gasteiger partial charge in [-0.2, -0.15) is 0 Å². The van der Waals surface area contributed by atoms with Gasteiger partial charge in [0.25, 0.3) is 15.9 Å². The third-order valence-corrected chi connectivity index (χ3v) is 6.72. The molecule has 6 nitrogen and oxygen atoms in total. The van der Waals surface area contributed by atoms with E-state index in [1.807, 2.05) is 13.8 Å². The van der Waals surface area contributed by atoms with E-state index in [0.717, 1.165) is 17.3 Å². The van der Waals surface area contributed by atoms with Crippen molar-refractivity contribution >= 4 is 37.5 Å². The molecule has 28 heavy (non-hydrogen) atoms. The monoisotopic (exact) mass is 468 g/mol. The van der Waals surface area contributed by atoms with Crippen LogP contribution in [-0.4, -0.2) is 34.0 Å². The average Bonchev–Trinajstić information content (AvgIpc) is 2.70. The molecule has 1 amide bonds. The van der Waals surface area contributed by atoms with Crippen LogP contribution in [-0.2, 0) is 14.8 Å². The van der Waals surface area contributed by atoms with Crippen LogP contribution in [0.15, 0.2) is 57.9 Å². The molecule has 0 atom stereocenters. The minimum absolute atomic E-state index is 0.0805. The molecular weight excluding hydrogens is 444 g/mol. The molecular formula is C20H25BrN2O4S. The SMILES string of the molecule is CCC(CC)NC(=O)COc1ccc(N(C)S(=O)(=O)c2ccc(Br)cc2)cc1. The first-order valence-electron chi connectivity index (χ1n) is 9.04. The zero-order valence-corrected chi connectivity index (χ0v) is 18.6. The number of ether oxygens (including phenoxy) is 1. The fourth-order valence-electron chi connectivity index (χ4n) is 2.57. The number of nitrogens with zero attached hydrogens (tertiary/aromatic N) is 1. The van der Waals surface area contributed by atoms with Gasteiger partial charge >= 0.3 is 0 Å². The fraction of sp³-hybridized carbons (Fsp3) is 0.350. The van der Waals surface area contributed by atoms with Gasteiger partial charge in [-0.15, -0.1) is 0 Å². The summed E-state index contributed by atoms with van der Waals surface area (Å²) < 4.78 is 33.0. The first-order chi connectivity index (χ1) is 13.3. The summed E-state index contributed by atoms with van der Waals surface area (Å²) in [5.74, 6) is 0.325. The van der Waals surface area contributed by atoms with Crippen molar-refractivity contribution in [2.75, 3.05) is 18.0 Å². The summed E-state index contributed by atoms with van der Waals surface area (Å²) in [5, 5.41) is 2.90. The van der Waals surface area contributed by atoms with Crippen LogP contribution in [0, 0.1) is 0 Å². The fourth-order valence-corrected chi connectivity index (χ4v) is 4.03. The van der Waals surface area contributed by atoms with Crippen molar-refractivity contribution in [1.82, 2.24) is 5.32 Å². The number of carbonyl (C=O) groups excluding carboxylic acids is 1. The van der Waals surface area contributed by atoms with Gasteiger partial charge in [-0.25, -0.2) is 8.42 Å². The lowest BCUT2D eigenvalue weighted by Gasteiger charge is -2.20. The van der Waals surface area contributed by atoms with Crippen molar-refractivity contribution in [1.29, 1.82) is 0 Å². The second-order valence-corrected chi connectivity index (χ2v) is 9.17. The van der Waals surface area contributed by atoms with Crippen LogP contribution in [0.25, 0.3) is 0 Å². The van der Waals surface area contributed by atoms with Crippen molar-refractivity contribution in [2.45, 2.75) is 37.6 Å². The van der Waals surface area contributed by atoms with E-state index in [2.05, 4.69) is 21.2 Å². The molecule has 0 aliphatic rings. The minimum Gasteiger partial charge on any atom is -0.484 e. The van der Waals surface area contributed by atoms with Gasteiger partial charge in [0.1, 0.15) is 5.75 Å². The molecule has 2 rings (SSSR count). The average molecular weight is 469 g/mol. The summed E-state index contributed by atoms with van der Waals surface area (Å²) >= 11 is 3.30. The Hall–Kier alpha value is -2.06. The molecule has 0 bridgehead atoms. The van der Waals surface area contributed by atoms with Gasteiger partial charge < -0.3 is 10.1 Å². The van der Waals surface area contributed by atoms with Crippen LogP contribution >= 0.6 is 15.9 Å². The number of benzene rings is 2. The van der Waals surface area contributed by atoms with E-state index in [4.69, 9.17) is 4.74 Å². The second kappa shape index (κ2) is 9.93. The lowest BCUT2D eigenvalue weighted by Crippen LogP contribution is -2.37. The van der Waals surface area contributed by atoms with Gasteiger partial charge in [0, 0.05) is 17.6 Å². The molecule has 0 aromatic heterocycles. The molecule has 0 aliphatic heterocycles. The van der Waals surface area contributed by atoms with Crippen molar-refractivity contribution < 1.29 is 17.9 Å². The third kappa shape index (κ3) is 5.72. The number of amides is 1. The van der Waals surface area contributed by atoms with E-state index in [9.17, 15) is 13.2 Å². The summed E-state index contributed by atoms with van der Waals surface area (Å²) in [6.07, 6.45) is 1.74. The quantitative estimate of drug-likeness (QED) is 0.604. The summed E-state index contributed by atoms with van der Waals surface area (Å²) in [4.78, 5) is 12.1. The Balaban J connectivity index is 2.01. The highest BCUT2D eigenvalue weighted by atomic mass is 79.9. The van der Waals surface area contributed by atoms with Crippen LogP contribution in [0.2, 0.25) is 0 Å². The maximum Gasteiger partial charge on any atom is 0.264 e. The maximum absolute atomic E-state index is 12.7. The van der Waals surface area contributed by atoms with Gasteiger partial charge in [0.05, 0.1) is 10.6 Å². The summed E-state index contributed by atoms with van der Waals surface area (Å²) in [7, 11) is -2.16. The number of anilines is 1. The van der Waals surface area contributed by atoms with Gasteiger partial charge in [-0.1, -0.05) is 29.8 Å². The van der Waals surface area contributed by atoms with Crippen LogP contribution < -0.4 is 14.4 Å². The number of carbonyl (C=O) groups is 1. The van der Waals surface area contributed by atoms with E-state index < -0.39 is 10.0 Å². The molecule has 152 valence electrons. The van der Waals surface area contributed by atoms with E-state index in [-0.39, 0.29) is 23.5 Å². The summed E-state index contributed by atoms with van der Waals surface area (Å²) in [6, 6.07) is 13.2. The second-order valence-electron chi connectivity index (χ2n) is 6.29. The maximum atomic E-state index is 12.7. The number of sulfonamides is 1. The van der Waals surface area contributed by atoms with Crippen molar-refractivity contribution in [3.63, 3.8) is 0 Å². The van der Waals surface area contributed by atoms with E-state index in [1.165, 1.54) is 11.4 Å². The van der Waals surface area contributed by atoms with E-state index >= 15 is 0 Å². The molecule has 8 heteroatoms. The Morgan fingerprint density at radius 3 is 2.18 bits per heavy atom. The molecule has 0 unspecified atom stereocenters. The summed E-state index contributed by atoms with van der Waals surface area (Å²) in [6.45, 7) is 3.96. The van der Waals surface area contributed by atoms with Gasteiger partial charge in [-0.05, 0) is 61.4 Å². The molecule has 0 heterocycles. The number of hydrogen-bond donors (Lipinski definition) is 1. The molecule has 0 radical (unpaired) electrons. The van der Waals surface area contributed by atoms with Gasteiger partial charge in [-0.3, -0.25) is 9.10 Å². The third-order valence-electron chi connectivity index (χ3n) is 4.39. The topological polar surface area (TPSA) is 75.7 Å². The Morgan fingerprint density at radius 1 is 1.07 bits per heavy atom. The van der Waals surface area contributed by atoms with Crippen LogP contribution in [0.1, 0.15) is 26.7 Å². The van der Waals surface area contributed by atoms with E-state index in [0.29, 0.717) is 11.4 Å². The van der Waals surface area contributed by atoms with Crippen molar-refractivity contribution in [2.24, 2.45) is 0 Å². The molecule has 2 aromatic carbocycles. The zero-order chi connectivity index (χ0) is 20.7. The molecule has 1 N–H and O–H groups in total. The normalized spacial score (nSPS) is 11.3.